The van der Waals surface area contributed by atoms with E-state index in [1.807, 2.05) is 0 Å². The highest BCUT2D eigenvalue weighted by Gasteiger charge is 2.03. The summed E-state index contributed by atoms with van der Waals surface area (Å²) in [5.74, 6) is 0. The lowest BCUT2D eigenvalue weighted by molar-refractivity contribution is 0.414. The van der Waals surface area contributed by atoms with E-state index in [0.717, 1.165) is 13.1 Å². The summed E-state index contributed by atoms with van der Waals surface area (Å²) in [6.45, 7) is 8.80. The van der Waals surface area contributed by atoms with Crippen molar-refractivity contribution in [3.8, 4) is 0 Å². The maximum Gasteiger partial charge on any atom is 0.0571 e. The van der Waals surface area contributed by atoms with Gasteiger partial charge in [0.25, 0.3) is 0 Å². The molecule has 0 radical (unpaired) electrons. The van der Waals surface area contributed by atoms with Gasteiger partial charge in [-0.05, 0) is 19.5 Å². The van der Waals surface area contributed by atoms with Crippen LogP contribution in [0.4, 0.5) is 0 Å². The summed E-state index contributed by atoms with van der Waals surface area (Å²) < 4.78 is 0. The van der Waals surface area contributed by atoms with E-state index >= 15 is 0 Å². The van der Waals surface area contributed by atoms with E-state index in [2.05, 4.69) is 31.4 Å². The Kier molecular flexibility index (Phi) is 12.3. The zero-order chi connectivity index (χ0) is 11.4. The summed E-state index contributed by atoms with van der Waals surface area (Å²) in [7, 11) is 0.274. The Morgan fingerprint density at radius 3 is 2.07 bits per heavy atom. The monoisotopic (exact) mass is 230 g/mol. The van der Waals surface area contributed by atoms with E-state index in [9.17, 15) is 0 Å². The molecule has 0 bridgehead atoms. The molecule has 0 saturated heterocycles. The van der Waals surface area contributed by atoms with E-state index < -0.39 is 0 Å². The molecular formula is C12H30N2Si. The van der Waals surface area contributed by atoms with Crippen molar-refractivity contribution in [1.29, 1.82) is 0 Å². The normalized spacial score (nSPS) is 12.0. The first-order chi connectivity index (χ1) is 7.35. The first-order valence-corrected chi connectivity index (χ1v) is 8.81. The first kappa shape index (κ1) is 15.1. The van der Waals surface area contributed by atoms with E-state index in [1.165, 1.54) is 31.7 Å². The fourth-order valence-corrected chi connectivity index (χ4v) is 3.75. The topological polar surface area (TPSA) is 24.1 Å². The van der Waals surface area contributed by atoms with Crippen LogP contribution in [-0.2, 0) is 0 Å². The number of rotatable bonds is 11. The van der Waals surface area contributed by atoms with Crippen molar-refractivity contribution in [2.45, 2.75) is 64.7 Å². The van der Waals surface area contributed by atoms with Crippen LogP contribution in [0.1, 0.15) is 46.5 Å². The van der Waals surface area contributed by atoms with Crippen LogP contribution in [0.5, 0.6) is 0 Å². The van der Waals surface area contributed by atoms with Gasteiger partial charge in [0.1, 0.15) is 0 Å². The van der Waals surface area contributed by atoms with Gasteiger partial charge in [0.15, 0.2) is 0 Å². The van der Waals surface area contributed by atoms with E-state index in [1.54, 1.807) is 6.04 Å². The summed E-state index contributed by atoms with van der Waals surface area (Å²) in [6, 6.07) is 3.09. The minimum Gasteiger partial charge on any atom is -0.302 e. The van der Waals surface area contributed by atoms with Gasteiger partial charge in [-0.1, -0.05) is 52.1 Å². The van der Waals surface area contributed by atoms with Crippen molar-refractivity contribution >= 4 is 9.52 Å². The van der Waals surface area contributed by atoms with Gasteiger partial charge in [0.05, 0.1) is 6.17 Å². The predicted octanol–water partition coefficient (Wildman–Crippen LogP) is 2.12. The van der Waals surface area contributed by atoms with Crippen LogP contribution in [0, 0.1) is 0 Å². The second-order valence-electron chi connectivity index (χ2n) is 4.22. The fourth-order valence-electron chi connectivity index (χ4n) is 1.90. The molecule has 0 unspecified atom stereocenters. The largest absolute Gasteiger partial charge is 0.302 e. The van der Waals surface area contributed by atoms with Gasteiger partial charge < -0.3 is 10.6 Å². The minimum absolute atomic E-state index is 0.274. The number of hydrogen-bond donors (Lipinski definition) is 2. The molecule has 92 valence electrons. The van der Waals surface area contributed by atoms with Gasteiger partial charge in [-0.25, -0.2) is 0 Å². The summed E-state index contributed by atoms with van der Waals surface area (Å²) in [4.78, 5) is 0. The van der Waals surface area contributed by atoms with Crippen molar-refractivity contribution in [1.82, 2.24) is 10.6 Å². The third-order valence-electron chi connectivity index (χ3n) is 2.75. The van der Waals surface area contributed by atoms with Crippen LogP contribution in [0.15, 0.2) is 0 Å². The molecule has 15 heavy (non-hydrogen) atoms. The van der Waals surface area contributed by atoms with Crippen molar-refractivity contribution in [3.05, 3.63) is 0 Å². The second-order valence-corrected chi connectivity index (χ2v) is 6.35. The summed E-state index contributed by atoms with van der Waals surface area (Å²) in [6.07, 6.45) is 6.13. The highest BCUT2D eigenvalue weighted by molar-refractivity contribution is 6.35. The molecule has 0 rings (SSSR count). The van der Waals surface area contributed by atoms with E-state index in [-0.39, 0.29) is 9.52 Å². The molecule has 0 fully saturated rings. The second kappa shape index (κ2) is 12.2. The number of unbranched alkanes of at least 4 members (excludes halogenated alkanes) is 1. The third-order valence-corrected chi connectivity index (χ3v) is 4.75. The van der Waals surface area contributed by atoms with Crippen molar-refractivity contribution in [3.63, 3.8) is 0 Å². The standard InChI is InChI=1S/C12H30N2Si/c1-4-7-10-15-11-8-9-12(13-5-2)14-6-3/h12-14H,4-11,15H2,1-3H3. The fraction of sp³-hybridized carbons (Fsp3) is 1.00. The molecule has 0 saturated carbocycles. The average Bonchev–Trinajstić information content (AvgIpc) is 2.24. The summed E-state index contributed by atoms with van der Waals surface area (Å²) in [5.41, 5.74) is 0. The van der Waals surface area contributed by atoms with Crippen LogP contribution < -0.4 is 10.6 Å². The quantitative estimate of drug-likeness (QED) is 0.323. The zero-order valence-corrected chi connectivity index (χ0v) is 12.4. The lowest BCUT2D eigenvalue weighted by Crippen LogP contribution is -2.41. The van der Waals surface area contributed by atoms with Gasteiger partial charge >= 0.3 is 0 Å². The van der Waals surface area contributed by atoms with Crippen LogP contribution in [-0.4, -0.2) is 28.8 Å². The van der Waals surface area contributed by atoms with Crippen molar-refractivity contribution in [2.24, 2.45) is 0 Å². The smallest absolute Gasteiger partial charge is 0.0571 e. The molecule has 2 nitrogen and oxygen atoms in total. The van der Waals surface area contributed by atoms with Crippen LogP contribution in [0.25, 0.3) is 0 Å². The maximum absolute atomic E-state index is 3.49. The Labute approximate surface area is 98.4 Å². The average molecular weight is 230 g/mol. The lowest BCUT2D eigenvalue weighted by atomic mass is 10.2. The van der Waals surface area contributed by atoms with Gasteiger partial charge in [0.2, 0.25) is 0 Å². The Hall–Kier alpha value is 0.137. The third kappa shape index (κ3) is 10.4. The summed E-state index contributed by atoms with van der Waals surface area (Å²) >= 11 is 0. The molecule has 0 spiro atoms. The van der Waals surface area contributed by atoms with Crippen LogP contribution in [0.3, 0.4) is 0 Å². The Morgan fingerprint density at radius 2 is 1.53 bits per heavy atom. The maximum atomic E-state index is 3.49. The molecule has 0 amide bonds. The molecule has 0 aliphatic carbocycles. The molecule has 0 aromatic carbocycles. The molecule has 3 heteroatoms. The van der Waals surface area contributed by atoms with Gasteiger partial charge in [-0.3, -0.25) is 0 Å². The molecule has 0 aliphatic rings. The van der Waals surface area contributed by atoms with Gasteiger partial charge in [0, 0.05) is 9.52 Å². The molecule has 0 heterocycles. The molecule has 0 aliphatic heterocycles. The van der Waals surface area contributed by atoms with Gasteiger partial charge in [-0.15, -0.1) is 0 Å². The summed E-state index contributed by atoms with van der Waals surface area (Å²) in [5, 5.41) is 6.98. The number of hydrogen-bond acceptors (Lipinski definition) is 2. The van der Waals surface area contributed by atoms with Crippen LogP contribution >= 0.6 is 0 Å². The predicted molar refractivity (Wildman–Crippen MR) is 73.4 cm³/mol. The van der Waals surface area contributed by atoms with Crippen molar-refractivity contribution < 1.29 is 0 Å². The Morgan fingerprint density at radius 1 is 0.933 bits per heavy atom. The molecule has 0 atom stereocenters. The van der Waals surface area contributed by atoms with Crippen LogP contribution in [0.2, 0.25) is 12.1 Å². The molecule has 2 N–H and O–H groups in total. The molecule has 0 aromatic rings. The molecular weight excluding hydrogens is 200 g/mol. The highest BCUT2D eigenvalue weighted by atomic mass is 28.2. The minimum atomic E-state index is 0.274. The Balaban J connectivity index is 3.28. The van der Waals surface area contributed by atoms with Gasteiger partial charge in [-0.2, -0.15) is 0 Å². The van der Waals surface area contributed by atoms with E-state index in [0.29, 0.717) is 6.17 Å². The highest BCUT2D eigenvalue weighted by Crippen LogP contribution is 2.03. The molecule has 0 aromatic heterocycles. The van der Waals surface area contributed by atoms with E-state index in [4.69, 9.17) is 0 Å². The first-order valence-electron chi connectivity index (χ1n) is 6.81. The lowest BCUT2D eigenvalue weighted by Gasteiger charge is -2.18. The SMILES string of the molecule is CCCC[SiH2]CCCC(NCC)NCC. The number of nitrogens with one attached hydrogen (secondary N) is 2. The van der Waals surface area contributed by atoms with Crippen molar-refractivity contribution in [2.75, 3.05) is 13.1 Å². The Bertz CT molecular complexity index is 114. The zero-order valence-electron chi connectivity index (χ0n) is 10.9.